The van der Waals surface area contributed by atoms with Gasteiger partial charge in [-0.2, -0.15) is 13.2 Å². The van der Waals surface area contributed by atoms with Crippen LogP contribution in [0.25, 0.3) is 0 Å². The first-order chi connectivity index (χ1) is 9.52. The number of hydrogen-bond donors (Lipinski definition) is 0. The van der Waals surface area contributed by atoms with E-state index in [-0.39, 0.29) is 11.1 Å². The highest BCUT2D eigenvalue weighted by molar-refractivity contribution is 5.41. The van der Waals surface area contributed by atoms with Crippen LogP contribution in [0.5, 0.6) is 0 Å². The van der Waals surface area contributed by atoms with Crippen LogP contribution in [0.3, 0.4) is 0 Å². The predicted molar refractivity (Wildman–Crippen MR) is 69.4 cm³/mol. The highest BCUT2D eigenvalue weighted by atomic mass is 19.4. The van der Waals surface area contributed by atoms with Gasteiger partial charge in [-0.3, -0.25) is 4.98 Å². The van der Waals surface area contributed by atoms with Crippen LogP contribution in [-0.2, 0) is 10.2 Å². The summed E-state index contributed by atoms with van der Waals surface area (Å²) in [6.45, 7) is -0.482. The molecule has 2 aromatic rings. The molecule has 1 aromatic heterocycles. The Kier molecular flexibility index (Phi) is 4.09. The predicted octanol–water partition coefficient (Wildman–Crippen LogP) is 3.58. The molecule has 0 saturated carbocycles. The van der Waals surface area contributed by atoms with E-state index in [4.69, 9.17) is 4.74 Å². The van der Waals surface area contributed by atoms with E-state index in [9.17, 15) is 13.2 Å². The zero-order valence-corrected chi connectivity index (χ0v) is 10.9. The van der Waals surface area contributed by atoms with Gasteiger partial charge in [-0.25, -0.2) is 0 Å². The maximum absolute atomic E-state index is 13.8. The van der Waals surface area contributed by atoms with Gasteiger partial charge in [0.05, 0.1) is 6.61 Å². The number of rotatable bonds is 4. The van der Waals surface area contributed by atoms with Crippen LogP contribution in [0.4, 0.5) is 13.2 Å². The number of pyridine rings is 1. The molecule has 0 amide bonds. The lowest BCUT2D eigenvalue weighted by Gasteiger charge is -2.36. The quantitative estimate of drug-likeness (QED) is 0.854. The van der Waals surface area contributed by atoms with Gasteiger partial charge in [0.2, 0.25) is 0 Å². The Labute approximate surface area is 115 Å². The van der Waals surface area contributed by atoms with Crippen LogP contribution in [0, 0.1) is 0 Å². The first kappa shape index (κ1) is 14.5. The minimum Gasteiger partial charge on any atom is -0.383 e. The molecule has 0 aliphatic carbocycles. The minimum atomic E-state index is -4.48. The molecule has 1 aromatic carbocycles. The Balaban J connectivity index is 2.70. The fourth-order valence-electron chi connectivity index (χ4n) is 2.32. The van der Waals surface area contributed by atoms with Crippen LogP contribution >= 0.6 is 0 Å². The molecule has 0 fully saturated rings. The molecule has 106 valence electrons. The molecule has 0 bridgehead atoms. The van der Waals surface area contributed by atoms with Crippen molar-refractivity contribution in [2.24, 2.45) is 0 Å². The summed E-state index contributed by atoms with van der Waals surface area (Å²) in [6, 6.07) is 10.5. The van der Waals surface area contributed by atoms with Crippen LogP contribution in [0.1, 0.15) is 11.1 Å². The Morgan fingerprint density at radius 3 is 2.00 bits per heavy atom. The van der Waals surface area contributed by atoms with E-state index < -0.39 is 18.2 Å². The van der Waals surface area contributed by atoms with Gasteiger partial charge in [0, 0.05) is 19.5 Å². The molecule has 0 aliphatic rings. The van der Waals surface area contributed by atoms with E-state index in [1.165, 1.54) is 43.8 Å². The summed E-state index contributed by atoms with van der Waals surface area (Å²) in [5.41, 5.74) is -1.92. The summed E-state index contributed by atoms with van der Waals surface area (Å²) in [4.78, 5) is 3.79. The Morgan fingerprint density at radius 2 is 1.50 bits per heavy atom. The Hall–Kier alpha value is -1.88. The van der Waals surface area contributed by atoms with Crippen molar-refractivity contribution in [1.29, 1.82) is 0 Å². The Bertz CT molecular complexity index is 501. The maximum atomic E-state index is 13.8. The molecule has 0 aliphatic heterocycles. The molecule has 1 atom stereocenters. The zero-order chi connectivity index (χ0) is 14.6. The molecule has 2 rings (SSSR count). The average molecular weight is 281 g/mol. The second-order valence-corrected chi connectivity index (χ2v) is 4.44. The van der Waals surface area contributed by atoms with Gasteiger partial charge in [-0.1, -0.05) is 30.3 Å². The molecule has 0 spiro atoms. The SMILES string of the molecule is COCC(c1ccccc1)(c1ccncc1)C(F)(F)F. The second-order valence-electron chi connectivity index (χ2n) is 4.44. The van der Waals surface area contributed by atoms with E-state index in [0.29, 0.717) is 0 Å². The van der Waals surface area contributed by atoms with Crippen molar-refractivity contribution < 1.29 is 17.9 Å². The number of halogens is 3. The molecular weight excluding hydrogens is 267 g/mol. The standard InChI is InChI=1S/C15H14F3NO/c1-20-11-14(15(16,17)18,12-5-3-2-4-6-12)13-7-9-19-10-8-13/h2-10H,11H2,1H3. The topological polar surface area (TPSA) is 22.1 Å². The molecule has 1 unspecified atom stereocenters. The van der Waals surface area contributed by atoms with Gasteiger partial charge in [0.15, 0.2) is 0 Å². The molecule has 2 nitrogen and oxygen atoms in total. The third kappa shape index (κ3) is 2.41. The van der Waals surface area contributed by atoms with Gasteiger partial charge in [-0.15, -0.1) is 0 Å². The van der Waals surface area contributed by atoms with Crippen molar-refractivity contribution >= 4 is 0 Å². The lowest BCUT2D eigenvalue weighted by molar-refractivity contribution is -0.190. The first-order valence-corrected chi connectivity index (χ1v) is 6.04. The van der Waals surface area contributed by atoms with Crippen LogP contribution in [0.15, 0.2) is 54.9 Å². The second kappa shape index (κ2) is 5.63. The maximum Gasteiger partial charge on any atom is 0.404 e. The largest absolute Gasteiger partial charge is 0.404 e. The molecule has 0 radical (unpaired) electrons. The lowest BCUT2D eigenvalue weighted by Crippen LogP contribution is -2.47. The minimum absolute atomic E-state index is 0.119. The number of aromatic nitrogens is 1. The number of benzene rings is 1. The zero-order valence-electron chi connectivity index (χ0n) is 10.9. The summed E-state index contributed by atoms with van der Waals surface area (Å²) in [5, 5.41) is 0. The Morgan fingerprint density at radius 1 is 0.950 bits per heavy atom. The number of hydrogen-bond acceptors (Lipinski definition) is 2. The van der Waals surface area contributed by atoms with E-state index in [1.54, 1.807) is 18.2 Å². The molecular formula is C15H14F3NO. The van der Waals surface area contributed by atoms with E-state index >= 15 is 0 Å². The van der Waals surface area contributed by atoms with Crippen molar-refractivity contribution in [2.45, 2.75) is 11.6 Å². The van der Waals surface area contributed by atoms with E-state index in [0.717, 1.165) is 0 Å². The van der Waals surface area contributed by atoms with Gasteiger partial charge in [-0.05, 0) is 23.3 Å². The van der Waals surface area contributed by atoms with Crippen LogP contribution in [-0.4, -0.2) is 24.9 Å². The van der Waals surface area contributed by atoms with E-state index in [2.05, 4.69) is 4.98 Å². The third-order valence-corrected chi connectivity index (χ3v) is 3.28. The van der Waals surface area contributed by atoms with Crippen LogP contribution < -0.4 is 0 Å². The summed E-state index contributed by atoms with van der Waals surface area (Å²) in [7, 11) is 1.27. The summed E-state index contributed by atoms with van der Waals surface area (Å²) in [6.07, 6.45) is -1.77. The summed E-state index contributed by atoms with van der Waals surface area (Å²) < 4.78 is 46.4. The van der Waals surface area contributed by atoms with Gasteiger partial charge in [0.1, 0.15) is 5.41 Å². The van der Waals surface area contributed by atoms with Crippen molar-refractivity contribution in [3.05, 3.63) is 66.0 Å². The smallest absolute Gasteiger partial charge is 0.383 e. The number of alkyl halides is 3. The average Bonchev–Trinajstić information content (AvgIpc) is 2.45. The van der Waals surface area contributed by atoms with Crippen LogP contribution in [0.2, 0.25) is 0 Å². The highest BCUT2D eigenvalue weighted by Crippen LogP contribution is 2.46. The van der Waals surface area contributed by atoms with Crippen molar-refractivity contribution in [3.63, 3.8) is 0 Å². The molecule has 0 saturated heterocycles. The molecule has 20 heavy (non-hydrogen) atoms. The first-order valence-electron chi connectivity index (χ1n) is 6.04. The fraction of sp³-hybridized carbons (Fsp3) is 0.267. The molecule has 1 heterocycles. The third-order valence-electron chi connectivity index (χ3n) is 3.28. The van der Waals surface area contributed by atoms with Crippen molar-refractivity contribution in [3.8, 4) is 0 Å². The van der Waals surface area contributed by atoms with Crippen molar-refractivity contribution in [2.75, 3.05) is 13.7 Å². The van der Waals surface area contributed by atoms with Crippen molar-refractivity contribution in [1.82, 2.24) is 4.98 Å². The summed E-state index contributed by atoms with van der Waals surface area (Å²) in [5.74, 6) is 0. The lowest BCUT2D eigenvalue weighted by atomic mass is 9.74. The van der Waals surface area contributed by atoms with Gasteiger partial charge in [0.25, 0.3) is 0 Å². The van der Waals surface area contributed by atoms with Gasteiger partial charge >= 0.3 is 6.18 Å². The normalized spacial score (nSPS) is 14.8. The highest BCUT2D eigenvalue weighted by Gasteiger charge is 2.57. The number of nitrogens with zero attached hydrogens (tertiary/aromatic N) is 1. The monoisotopic (exact) mass is 281 g/mol. The molecule has 0 N–H and O–H groups in total. The molecule has 5 heteroatoms. The van der Waals surface area contributed by atoms with E-state index in [1.807, 2.05) is 0 Å². The summed E-state index contributed by atoms with van der Waals surface area (Å²) >= 11 is 0. The fourth-order valence-corrected chi connectivity index (χ4v) is 2.32. The number of methoxy groups -OCH3 is 1. The van der Waals surface area contributed by atoms with Gasteiger partial charge < -0.3 is 4.74 Å². The number of ether oxygens (including phenoxy) is 1.